The normalized spacial score (nSPS) is 19.1. The van der Waals surface area contributed by atoms with E-state index in [1.54, 1.807) is 30.7 Å². The standard InChI is InChI=1S/C13H16N4O2S/c1-9-8-20-12(15-9)10-7-17(5-6-19-10)13-14-4-3-11(16-13)18-2/h3-4,8,10H,5-7H2,1-2H3/t10-/m0/s1. The van der Waals surface area contributed by atoms with Crippen LogP contribution in [-0.2, 0) is 4.74 Å². The van der Waals surface area contributed by atoms with E-state index in [0.717, 1.165) is 17.2 Å². The first-order valence-electron chi connectivity index (χ1n) is 6.42. The predicted molar refractivity (Wildman–Crippen MR) is 76.3 cm³/mol. The van der Waals surface area contributed by atoms with Gasteiger partial charge in [-0.3, -0.25) is 0 Å². The minimum atomic E-state index is -0.0164. The van der Waals surface area contributed by atoms with Gasteiger partial charge in [0.1, 0.15) is 11.1 Å². The molecule has 3 heterocycles. The van der Waals surface area contributed by atoms with Crippen LogP contribution in [0.5, 0.6) is 5.88 Å². The van der Waals surface area contributed by atoms with Crippen LogP contribution >= 0.6 is 11.3 Å². The van der Waals surface area contributed by atoms with Crippen molar-refractivity contribution in [2.24, 2.45) is 0 Å². The highest BCUT2D eigenvalue weighted by molar-refractivity contribution is 7.09. The first-order valence-corrected chi connectivity index (χ1v) is 7.30. The predicted octanol–water partition coefficient (Wildman–Crippen LogP) is 1.83. The fourth-order valence-corrected chi connectivity index (χ4v) is 2.93. The van der Waals surface area contributed by atoms with Gasteiger partial charge in [0.25, 0.3) is 0 Å². The molecule has 0 N–H and O–H groups in total. The highest BCUT2D eigenvalue weighted by Crippen LogP contribution is 2.27. The van der Waals surface area contributed by atoms with Gasteiger partial charge >= 0.3 is 0 Å². The van der Waals surface area contributed by atoms with Crippen molar-refractivity contribution in [2.45, 2.75) is 13.0 Å². The zero-order valence-electron chi connectivity index (χ0n) is 11.4. The molecular weight excluding hydrogens is 276 g/mol. The molecule has 0 unspecified atom stereocenters. The third-order valence-corrected chi connectivity index (χ3v) is 4.14. The highest BCUT2D eigenvalue weighted by atomic mass is 32.1. The van der Waals surface area contributed by atoms with E-state index in [9.17, 15) is 0 Å². The van der Waals surface area contributed by atoms with Gasteiger partial charge in [0.05, 0.1) is 20.3 Å². The minimum Gasteiger partial charge on any atom is -0.481 e. The Morgan fingerprint density at radius 3 is 3.10 bits per heavy atom. The lowest BCUT2D eigenvalue weighted by molar-refractivity contribution is 0.0390. The van der Waals surface area contributed by atoms with E-state index in [4.69, 9.17) is 9.47 Å². The molecule has 0 radical (unpaired) electrons. The molecule has 6 nitrogen and oxygen atoms in total. The average Bonchev–Trinajstić information content (AvgIpc) is 2.94. The molecule has 7 heteroatoms. The van der Waals surface area contributed by atoms with Crippen molar-refractivity contribution in [3.05, 3.63) is 28.3 Å². The monoisotopic (exact) mass is 292 g/mol. The van der Waals surface area contributed by atoms with Gasteiger partial charge in [-0.2, -0.15) is 4.98 Å². The maximum atomic E-state index is 5.81. The first kappa shape index (κ1) is 13.3. The number of ether oxygens (including phenoxy) is 2. The van der Waals surface area contributed by atoms with E-state index in [1.807, 2.05) is 12.3 Å². The van der Waals surface area contributed by atoms with Crippen molar-refractivity contribution < 1.29 is 9.47 Å². The highest BCUT2D eigenvalue weighted by Gasteiger charge is 2.25. The second kappa shape index (κ2) is 5.72. The van der Waals surface area contributed by atoms with E-state index in [2.05, 4.69) is 19.9 Å². The van der Waals surface area contributed by atoms with Crippen molar-refractivity contribution >= 4 is 17.3 Å². The van der Waals surface area contributed by atoms with Crippen molar-refractivity contribution in [1.29, 1.82) is 0 Å². The first-order chi connectivity index (χ1) is 9.76. The van der Waals surface area contributed by atoms with Gasteiger partial charge in [0.15, 0.2) is 0 Å². The molecule has 20 heavy (non-hydrogen) atoms. The van der Waals surface area contributed by atoms with E-state index >= 15 is 0 Å². The number of morpholine rings is 1. The quantitative estimate of drug-likeness (QED) is 0.860. The summed E-state index contributed by atoms with van der Waals surface area (Å²) >= 11 is 1.63. The summed E-state index contributed by atoms with van der Waals surface area (Å²) in [5.41, 5.74) is 1.03. The van der Waals surface area contributed by atoms with Crippen molar-refractivity contribution in [1.82, 2.24) is 15.0 Å². The number of aryl methyl sites for hydroxylation is 1. The smallest absolute Gasteiger partial charge is 0.228 e. The summed E-state index contributed by atoms with van der Waals surface area (Å²) in [5, 5.41) is 3.05. The lowest BCUT2D eigenvalue weighted by Crippen LogP contribution is -2.39. The SMILES string of the molecule is COc1ccnc(N2CCO[C@H](c3nc(C)cs3)C2)n1. The van der Waals surface area contributed by atoms with Crippen molar-refractivity contribution in [2.75, 3.05) is 31.7 Å². The lowest BCUT2D eigenvalue weighted by atomic mass is 10.3. The lowest BCUT2D eigenvalue weighted by Gasteiger charge is -2.31. The average molecular weight is 292 g/mol. The number of hydrogen-bond acceptors (Lipinski definition) is 7. The van der Waals surface area contributed by atoms with Gasteiger partial charge < -0.3 is 14.4 Å². The third-order valence-electron chi connectivity index (χ3n) is 3.09. The van der Waals surface area contributed by atoms with Gasteiger partial charge in [-0.15, -0.1) is 11.3 Å². The molecule has 0 spiro atoms. The van der Waals surface area contributed by atoms with Crippen molar-refractivity contribution in [3.63, 3.8) is 0 Å². The Labute approximate surface area is 121 Å². The molecule has 0 amide bonds. The van der Waals surface area contributed by atoms with E-state index < -0.39 is 0 Å². The van der Waals surface area contributed by atoms with Crippen LogP contribution < -0.4 is 9.64 Å². The topological polar surface area (TPSA) is 60.4 Å². The number of methoxy groups -OCH3 is 1. The summed E-state index contributed by atoms with van der Waals surface area (Å²) in [6.07, 6.45) is 1.69. The largest absolute Gasteiger partial charge is 0.481 e. The van der Waals surface area contributed by atoms with Gasteiger partial charge in [0, 0.05) is 29.9 Å². The van der Waals surface area contributed by atoms with Crippen LogP contribution in [0.3, 0.4) is 0 Å². The number of aromatic nitrogens is 3. The summed E-state index contributed by atoms with van der Waals surface area (Å²) < 4.78 is 10.9. The molecule has 2 aromatic heterocycles. The number of rotatable bonds is 3. The van der Waals surface area contributed by atoms with Gasteiger partial charge in [-0.1, -0.05) is 0 Å². The molecule has 2 aromatic rings. The summed E-state index contributed by atoms with van der Waals surface area (Å²) in [6, 6.07) is 1.74. The van der Waals surface area contributed by atoms with Crippen LogP contribution in [0.4, 0.5) is 5.95 Å². The number of anilines is 1. The molecule has 1 saturated heterocycles. The molecule has 0 bridgehead atoms. The fraction of sp³-hybridized carbons (Fsp3) is 0.462. The van der Waals surface area contributed by atoms with Crippen LogP contribution in [0.25, 0.3) is 0 Å². The maximum Gasteiger partial charge on any atom is 0.228 e. The molecule has 1 atom stereocenters. The molecular formula is C13H16N4O2S. The molecule has 106 valence electrons. The summed E-state index contributed by atoms with van der Waals surface area (Å²) in [5.74, 6) is 1.24. The zero-order chi connectivity index (χ0) is 13.9. The molecule has 1 aliphatic rings. The molecule has 0 aliphatic carbocycles. The second-order valence-corrected chi connectivity index (χ2v) is 5.42. The summed E-state index contributed by atoms with van der Waals surface area (Å²) in [6.45, 7) is 4.11. The minimum absolute atomic E-state index is 0.0164. The van der Waals surface area contributed by atoms with E-state index in [1.165, 1.54) is 0 Å². The Balaban J connectivity index is 1.77. The Morgan fingerprint density at radius 1 is 1.45 bits per heavy atom. The van der Waals surface area contributed by atoms with Gasteiger partial charge in [-0.05, 0) is 6.92 Å². The van der Waals surface area contributed by atoms with Crippen LogP contribution in [0, 0.1) is 6.92 Å². The van der Waals surface area contributed by atoms with Crippen LogP contribution in [0.2, 0.25) is 0 Å². The van der Waals surface area contributed by atoms with Crippen LogP contribution in [0.15, 0.2) is 17.6 Å². The zero-order valence-corrected chi connectivity index (χ0v) is 12.3. The summed E-state index contributed by atoms with van der Waals surface area (Å²) in [7, 11) is 1.60. The van der Waals surface area contributed by atoms with Gasteiger partial charge in [0.2, 0.25) is 11.8 Å². The van der Waals surface area contributed by atoms with Gasteiger partial charge in [-0.25, -0.2) is 9.97 Å². The Bertz CT molecular complexity index is 589. The molecule has 1 aliphatic heterocycles. The number of thiazole rings is 1. The summed E-state index contributed by atoms with van der Waals surface area (Å²) in [4.78, 5) is 15.3. The molecule has 0 aromatic carbocycles. The molecule has 3 rings (SSSR count). The number of nitrogens with zero attached hydrogens (tertiary/aromatic N) is 4. The Kier molecular flexibility index (Phi) is 3.79. The third kappa shape index (κ3) is 2.73. The van der Waals surface area contributed by atoms with E-state index in [-0.39, 0.29) is 6.10 Å². The van der Waals surface area contributed by atoms with Crippen LogP contribution in [0.1, 0.15) is 16.8 Å². The molecule has 0 saturated carbocycles. The fourth-order valence-electron chi connectivity index (χ4n) is 2.10. The Hall–Kier alpha value is -1.73. The molecule has 1 fully saturated rings. The van der Waals surface area contributed by atoms with Crippen LogP contribution in [-0.4, -0.2) is 41.8 Å². The van der Waals surface area contributed by atoms with E-state index in [0.29, 0.717) is 25.0 Å². The number of hydrogen-bond donors (Lipinski definition) is 0. The second-order valence-electron chi connectivity index (χ2n) is 4.53. The van der Waals surface area contributed by atoms with Crippen molar-refractivity contribution in [3.8, 4) is 5.88 Å². The maximum absolute atomic E-state index is 5.81. The Morgan fingerprint density at radius 2 is 2.35 bits per heavy atom.